The molecule has 0 radical (unpaired) electrons. The minimum absolute atomic E-state index is 0. The first-order valence-corrected chi connectivity index (χ1v) is 16.5. The molecule has 0 amide bonds. The molecule has 40 heavy (non-hydrogen) atoms. The van der Waals surface area contributed by atoms with E-state index in [-0.39, 0.29) is 71.6 Å². The quantitative estimate of drug-likeness (QED) is 0.0971. The van der Waals surface area contributed by atoms with Crippen molar-refractivity contribution in [2.24, 2.45) is 16.6 Å². The zero-order valence-electron chi connectivity index (χ0n) is 25.0. The van der Waals surface area contributed by atoms with E-state index in [9.17, 15) is 0 Å². The van der Waals surface area contributed by atoms with Crippen LogP contribution in [0, 0.1) is 4.78 Å². The number of hydrogen-bond acceptors (Lipinski definition) is 8. The fraction of sp³-hybridized carbons (Fsp3) is 0.958. The van der Waals surface area contributed by atoms with Crippen LogP contribution in [-0.2, 0) is 10.9 Å². The van der Waals surface area contributed by atoms with E-state index in [1.54, 1.807) is 6.92 Å². The monoisotopic (exact) mass is 701 g/mol. The number of thiocarbonyl (C=S) groups is 1. The van der Waals surface area contributed by atoms with E-state index >= 15 is 0 Å². The fourth-order valence-electron chi connectivity index (χ4n) is 4.04. The molecule has 3 aliphatic rings. The summed E-state index contributed by atoms with van der Waals surface area (Å²) in [4.78, 5) is 7.36. The number of rotatable bonds is 7. The molecular weight excluding hydrogens is 644 g/mol. The summed E-state index contributed by atoms with van der Waals surface area (Å²) in [5.41, 5.74) is 9.24. The summed E-state index contributed by atoms with van der Waals surface area (Å²) < 4.78 is 7.18. The van der Waals surface area contributed by atoms with Crippen LogP contribution in [0.3, 0.4) is 0 Å². The Morgan fingerprint density at radius 1 is 0.825 bits per heavy atom. The third-order valence-electron chi connectivity index (χ3n) is 5.79. The standard InChI is InChI=1S/C7H14ClN.C7H17N3S.C7H15NS.C2H6O.CH4N2S.2ClH.Na.H2O/c8-4-7-9-5-2-1-3-6-9;8-11(9)7-6-10-4-2-1-3-5-10;9-7-6-8-4-2-1-3-5-8;1-2-3;2-1(3)4;;;;/h1-7H2;1-7H2,(H3,8,9);9H,1-7H2;3H,2H2,1H3;(H4,2,3,4);2*1H;;1H2/q;;;;;;;+1;/p-1. The summed E-state index contributed by atoms with van der Waals surface area (Å²) in [5.74, 6) is 2.65. The molecule has 3 fully saturated rings. The molecule has 0 bridgehead atoms. The summed E-state index contributed by atoms with van der Waals surface area (Å²) in [6.45, 7) is 12.8. The molecule has 9 N–H and O–H groups in total. The molecule has 9 nitrogen and oxygen atoms in total. The van der Waals surface area contributed by atoms with Gasteiger partial charge in [0.25, 0.3) is 0 Å². The number of hydrogen-bond donors (Lipinski definition) is 6. The Balaban J connectivity index is -0.0000000933. The number of piperidine rings is 3. The zero-order chi connectivity index (χ0) is 27.4. The van der Waals surface area contributed by atoms with Gasteiger partial charge in [-0.25, -0.2) is 0 Å². The molecule has 0 saturated carbocycles. The van der Waals surface area contributed by atoms with Crippen LogP contribution in [0.25, 0.3) is 0 Å². The number of nitrogens with two attached hydrogens (primary N) is 3. The molecule has 3 aliphatic heterocycles. The van der Waals surface area contributed by atoms with Gasteiger partial charge >= 0.3 is 29.6 Å². The average molecular weight is 703 g/mol. The van der Waals surface area contributed by atoms with Crippen molar-refractivity contribution in [3.63, 3.8) is 0 Å². The van der Waals surface area contributed by atoms with Gasteiger partial charge in [-0.05, 0) is 108 Å². The Hall–Kier alpha value is 1.82. The van der Waals surface area contributed by atoms with Gasteiger partial charge in [-0.2, -0.15) is 12.6 Å². The molecule has 3 heterocycles. The van der Waals surface area contributed by atoms with Gasteiger partial charge in [0.2, 0.25) is 0 Å². The number of aliphatic hydroxyl groups excluding tert-OH is 1. The average Bonchev–Trinajstić information content (AvgIpc) is 2.86. The van der Waals surface area contributed by atoms with Crippen LogP contribution >= 0.6 is 61.3 Å². The number of halogens is 3. The van der Waals surface area contributed by atoms with Crippen LogP contribution in [0.1, 0.15) is 64.7 Å². The summed E-state index contributed by atoms with van der Waals surface area (Å²) in [6.07, 6.45) is 12.4. The van der Waals surface area contributed by atoms with Crippen LogP contribution in [-0.4, -0.2) is 113 Å². The summed E-state index contributed by atoms with van der Waals surface area (Å²) >= 11 is 13.9. The Morgan fingerprint density at radius 3 is 1.35 bits per heavy atom. The molecule has 0 aromatic heterocycles. The molecule has 0 aromatic carbocycles. The predicted octanol–water partition coefficient (Wildman–Crippen LogP) is 0.698. The third-order valence-corrected chi connectivity index (χ3v) is 6.78. The third kappa shape index (κ3) is 44.3. The van der Waals surface area contributed by atoms with E-state index in [2.05, 4.69) is 51.0 Å². The van der Waals surface area contributed by atoms with Crippen molar-refractivity contribution in [1.82, 2.24) is 14.7 Å². The van der Waals surface area contributed by atoms with Crippen molar-refractivity contribution in [3.05, 3.63) is 0 Å². The van der Waals surface area contributed by atoms with Gasteiger partial charge in [-0.3, -0.25) is 9.92 Å². The van der Waals surface area contributed by atoms with Crippen LogP contribution in [0.5, 0.6) is 0 Å². The molecule has 0 aromatic rings. The first kappa shape index (κ1) is 54.3. The molecule has 0 aliphatic carbocycles. The topological polar surface area (TPSA) is 162 Å². The predicted molar refractivity (Wildman–Crippen MR) is 185 cm³/mol. The molecule has 0 spiro atoms. The number of likely N-dealkylation sites (tertiary alicyclic amines) is 3. The number of thiol groups is 1. The summed E-state index contributed by atoms with van der Waals surface area (Å²) in [5, 5.41) is 12.9. The second-order valence-electron chi connectivity index (χ2n) is 8.97. The number of nitrogens with zero attached hydrogens (tertiary/aromatic N) is 3. The van der Waals surface area contributed by atoms with E-state index in [0.717, 1.165) is 30.5 Å². The SMILES string of the molecule is CCO.Cl.Cl.ClCCN1CCCCC1.N=S(N)CCN1CCCCC1.NC(N)=S.SCCN1CCCCC1.[Na+].[OH-]. The largest absolute Gasteiger partial charge is 1.00 e. The molecule has 242 valence electrons. The Kier molecular flexibility index (Phi) is 58.3. The molecule has 3 saturated heterocycles. The first-order valence-electron chi connectivity index (χ1n) is 13.5. The molecule has 1 atom stereocenters. The van der Waals surface area contributed by atoms with E-state index in [1.807, 2.05) is 0 Å². The minimum Gasteiger partial charge on any atom is -0.870 e. The van der Waals surface area contributed by atoms with Gasteiger partial charge in [0.15, 0.2) is 5.11 Å². The number of nitrogens with one attached hydrogen (secondary N) is 1. The fourth-order valence-corrected chi connectivity index (χ4v) is 5.01. The maximum absolute atomic E-state index is 7.57. The van der Waals surface area contributed by atoms with Crippen molar-refractivity contribution in [3.8, 4) is 0 Å². The van der Waals surface area contributed by atoms with Crippen molar-refractivity contribution < 1.29 is 40.1 Å². The Labute approximate surface area is 298 Å². The van der Waals surface area contributed by atoms with Gasteiger partial charge < -0.3 is 36.7 Å². The maximum atomic E-state index is 7.57. The molecule has 3 rings (SSSR count). The van der Waals surface area contributed by atoms with Crippen molar-refractivity contribution >= 4 is 77.3 Å². The second-order valence-corrected chi connectivity index (χ2v) is 11.5. The molecular formula is C24H59Cl3N7NaO2S3. The normalized spacial score (nSPS) is 17.5. The van der Waals surface area contributed by atoms with Crippen LogP contribution in [0.2, 0.25) is 0 Å². The van der Waals surface area contributed by atoms with Crippen LogP contribution < -0.4 is 46.2 Å². The zero-order valence-corrected chi connectivity index (χ0v) is 31.9. The van der Waals surface area contributed by atoms with Crippen LogP contribution in [0.4, 0.5) is 0 Å². The van der Waals surface area contributed by atoms with Gasteiger partial charge in [0.1, 0.15) is 0 Å². The number of aliphatic hydroxyl groups is 1. The van der Waals surface area contributed by atoms with Crippen LogP contribution in [0.15, 0.2) is 0 Å². The van der Waals surface area contributed by atoms with Crippen molar-refractivity contribution in [2.45, 2.75) is 64.7 Å². The first-order chi connectivity index (χ1) is 17.3. The van der Waals surface area contributed by atoms with Gasteiger partial charge in [0.05, 0.1) is 0 Å². The summed E-state index contributed by atoms with van der Waals surface area (Å²) in [7, 11) is -0.609. The van der Waals surface area contributed by atoms with Crippen molar-refractivity contribution in [2.75, 3.05) is 82.9 Å². The van der Waals surface area contributed by atoms with E-state index < -0.39 is 10.9 Å². The van der Waals surface area contributed by atoms with Gasteiger partial charge in [-0.1, -0.05) is 19.3 Å². The van der Waals surface area contributed by atoms with Crippen molar-refractivity contribution in [1.29, 1.82) is 4.78 Å². The Morgan fingerprint density at radius 2 is 1.10 bits per heavy atom. The van der Waals surface area contributed by atoms with Gasteiger partial charge in [0, 0.05) is 43.6 Å². The number of alkyl halides is 1. The maximum Gasteiger partial charge on any atom is 1.00 e. The van der Waals surface area contributed by atoms with E-state index in [4.69, 9.17) is 26.6 Å². The molecule has 1 unspecified atom stereocenters. The smallest absolute Gasteiger partial charge is 0.870 e. The van der Waals surface area contributed by atoms with E-state index in [1.165, 1.54) is 104 Å². The molecule has 16 heteroatoms. The van der Waals surface area contributed by atoms with Gasteiger partial charge in [-0.15, -0.1) is 36.4 Å². The minimum atomic E-state index is -0.609. The second kappa shape index (κ2) is 43.0. The van der Waals surface area contributed by atoms with E-state index in [0.29, 0.717) is 0 Å². The Bertz CT molecular complexity index is 483. The summed E-state index contributed by atoms with van der Waals surface area (Å²) in [6, 6.07) is 0.